The molecular formula is C22H17. The Morgan fingerprint density at radius 2 is 0.909 bits per heavy atom. The fourth-order valence-corrected chi connectivity index (χ4v) is 3.28. The fourth-order valence-electron chi connectivity index (χ4n) is 3.28. The number of benzene rings is 4. The van der Waals surface area contributed by atoms with Crippen molar-refractivity contribution in [2.75, 3.05) is 0 Å². The van der Waals surface area contributed by atoms with E-state index >= 15 is 0 Å². The van der Waals surface area contributed by atoms with Gasteiger partial charge in [-0.25, -0.2) is 0 Å². The lowest BCUT2D eigenvalue weighted by atomic mass is 9.87. The van der Waals surface area contributed by atoms with Gasteiger partial charge in [0.05, 0.1) is 0 Å². The van der Waals surface area contributed by atoms with E-state index < -0.39 is 0 Å². The van der Waals surface area contributed by atoms with Crippen LogP contribution in [0.3, 0.4) is 0 Å². The lowest BCUT2D eigenvalue weighted by Crippen LogP contribution is -1.98. The molecule has 105 valence electrons. The summed E-state index contributed by atoms with van der Waals surface area (Å²) in [5.74, 6) is 0.122. The Morgan fingerprint density at radius 3 is 1.41 bits per heavy atom. The highest BCUT2D eigenvalue weighted by Gasteiger charge is 2.13. The summed E-state index contributed by atoms with van der Waals surface area (Å²) in [6.45, 7) is 4.48. The molecule has 0 aliphatic carbocycles. The van der Waals surface area contributed by atoms with E-state index in [4.69, 9.17) is 0 Å². The van der Waals surface area contributed by atoms with E-state index in [1.54, 1.807) is 0 Å². The van der Waals surface area contributed by atoms with Crippen LogP contribution in [0.2, 0.25) is 0 Å². The molecule has 0 spiro atoms. The molecule has 4 rings (SSSR count). The SMILES string of the molecule is [CH2]C(c1cccc2ccccc12)c1cccc2ccccc12. The molecule has 0 aromatic heterocycles. The van der Waals surface area contributed by atoms with Crippen LogP contribution in [0.5, 0.6) is 0 Å². The van der Waals surface area contributed by atoms with Crippen molar-refractivity contribution in [1.82, 2.24) is 0 Å². The van der Waals surface area contributed by atoms with Crippen molar-refractivity contribution in [3.8, 4) is 0 Å². The summed E-state index contributed by atoms with van der Waals surface area (Å²) in [6, 6.07) is 30.0. The van der Waals surface area contributed by atoms with Crippen LogP contribution >= 0.6 is 0 Å². The van der Waals surface area contributed by atoms with E-state index in [9.17, 15) is 0 Å². The van der Waals surface area contributed by atoms with Crippen LogP contribution < -0.4 is 0 Å². The molecule has 0 saturated carbocycles. The summed E-state index contributed by atoms with van der Waals surface area (Å²) in [6.07, 6.45) is 0. The van der Waals surface area contributed by atoms with E-state index in [2.05, 4.69) is 91.9 Å². The molecular weight excluding hydrogens is 264 g/mol. The van der Waals surface area contributed by atoms with Crippen LogP contribution in [0, 0.1) is 6.92 Å². The third-order valence-corrected chi connectivity index (χ3v) is 4.40. The summed E-state index contributed by atoms with van der Waals surface area (Å²) in [4.78, 5) is 0. The van der Waals surface area contributed by atoms with Gasteiger partial charge < -0.3 is 0 Å². The van der Waals surface area contributed by atoms with E-state index in [-0.39, 0.29) is 5.92 Å². The molecule has 22 heavy (non-hydrogen) atoms. The zero-order valence-corrected chi connectivity index (χ0v) is 12.4. The highest BCUT2D eigenvalue weighted by atomic mass is 14.2. The molecule has 0 unspecified atom stereocenters. The maximum absolute atomic E-state index is 4.48. The summed E-state index contributed by atoms with van der Waals surface area (Å²) in [7, 11) is 0. The Morgan fingerprint density at radius 1 is 0.500 bits per heavy atom. The molecule has 4 aromatic carbocycles. The minimum absolute atomic E-state index is 0.122. The molecule has 1 radical (unpaired) electrons. The Bertz CT molecular complexity index is 860. The topological polar surface area (TPSA) is 0 Å². The number of hydrogen-bond acceptors (Lipinski definition) is 0. The molecule has 0 bridgehead atoms. The second kappa shape index (κ2) is 5.31. The van der Waals surface area contributed by atoms with Crippen molar-refractivity contribution < 1.29 is 0 Å². The van der Waals surface area contributed by atoms with Crippen LogP contribution in [-0.4, -0.2) is 0 Å². The van der Waals surface area contributed by atoms with Crippen LogP contribution in [0.15, 0.2) is 84.9 Å². The Labute approximate surface area is 131 Å². The van der Waals surface area contributed by atoms with Gasteiger partial charge in [-0.3, -0.25) is 0 Å². The van der Waals surface area contributed by atoms with Gasteiger partial charge in [0.2, 0.25) is 0 Å². The standard InChI is InChI=1S/C22H17/c1-16(19-14-6-10-17-8-2-4-12-21(17)19)20-15-7-11-18-9-3-5-13-22(18)20/h2-16H,1H2. The van der Waals surface area contributed by atoms with Crippen molar-refractivity contribution in [3.05, 3.63) is 103 Å². The molecule has 0 heteroatoms. The zero-order valence-electron chi connectivity index (χ0n) is 12.4. The highest BCUT2D eigenvalue weighted by Crippen LogP contribution is 2.33. The largest absolute Gasteiger partial charge is 0.0616 e. The number of hydrogen-bond donors (Lipinski definition) is 0. The minimum atomic E-state index is 0.122. The maximum atomic E-state index is 4.48. The van der Waals surface area contributed by atoms with E-state index in [0.717, 1.165) is 0 Å². The molecule has 4 aromatic rings. The van der Waals surface area contributed by atoms with Crippen LogP contribution in [0.1, 0.15) is 17.0 Å². The first kappa shape index (κ1) is 13.1. The second-order valence-electron chi connectivity index (χ2n) is 5.69. The smallest absolute Gasteiger partial charge is 0.0102 e. The average Bonchev–Trinajstić information content (AvgIpc) is 2.60. The Kier molecular flexibility index (Phi) is 3.16. The Balaban J connectivity index is 1.94. The van der Waals surface area contributed by atoms with Crippen molar-refractivity contribution in [2.24, 2.45) is 0 Å². The molecule has 0 atom stereocenters. The maximum Gasteiger partial charge on any atom is 0.0102 e. The van der Waals surface area contributed by atoms with Gasteiger partial charge in [0.25, 0.3) is 0 Å². The van der Waals surface area contributed by atoms with Crippen molar-refractivity contribution in [3.63, 3.8) is 0 Å². The van der Waals surface area contributed by atoms with Gasteiger partial charge in [-0.15, -0.1) is 0 Å². The monoisotopic (exact) mass is 281 g/mol. The molecule has 0 heterocycles. The van der Waals surface area contributed by atoms with Crippen LogP contribution in [0.25, 0.3) is 21.5 Å². The van der Waals surface area contributed by atoms with Gasteiger partial charge >= 0.3 is 0 Å². The number of rotatable bonds is 2. The number of fused-ring (bicyclic) bond motifs is 2. The molecule has 0 nitrogen and oxygen atoms in total. The van der Waals surface area contributed by atoms with Gasteiger partial charge in [-0.05, 0) is 39.6 Å². The average molecular weight is 281 g/mol. The summed E-state index contributed by atoms with van der Waals surface area (Å²) in [5.41, 5.74) is 2.57. The van der Waals surface area contributed by atoms with E-state index in [0.29, 0.717) is 0 Å². The Hall–Kier alpha value is -2.60. The molecule has 0 aliphatic heterocycles. The minimum Gasteiger partial charge on any atom is -0.0616 e. The lowest BCUT2D eigenvalue weighted by molar-refractivity contribution is 1.05. The first-order chi connectivity index (χ1) is 10.8. The van der Waals surface area contributed by atoms with Crippen molar-refractivity contribution in [2.45, 2.75) is 5.92 Å². The fraction of sp³-hybridized carbons (Fsp3) is 0.0455. The summed E-state index contributed by atoms with van der Waals surface area (Å²) < 4.78 is 0. The van der Waals surface area contributed by atoms with Gasteiger partial charge in [0.1, 0.15) is 0 Å². The predicted octanol–water partition coefficient (Wildman–Crippen LogP) is 5.96. The van der Waals surface area contributed by atoms with Gasteiger partial charge in [-0.1, -0.05) is 84.9 Å². The third-order valence-electron chi connectivity index (χ3n) is 4.40. The quantitative estimate of drug-likeness (QED) is 0.425. The molecule has 0 N–H and O–H groups in total. The van der Waals surface area contributed by atoms with Crippen molar-refractivity contribution >= 4 is 21.5 Å². The van der Waals surface area contributed by atoms with Gasteiger partial charge in [0, 0.05) is 5.92 Å². The van der Waals surface area contributed by atoms with E-state index in [1.165, 1.54) is 32.7 Å². The highest BCUT2D eigenvalue weighted by molar-refractivity contribution is 5.90. The van der Waals surface area contributed by atoms with Crippen LogP contribution in [0.4, 0.5) is 0 Å². The first-order valence-electron chi connectivity index (χ1n) is 7.63. The van der Waals surface area contributed by atoms with Crippen LogP contribution in [-0.2, 0) is 0 Å². The first-order valence-corrected chi connectivity index (χ1v) is 7.63. The zero-order chi connectivity index (χ0) is 14.9. The predicted molar refractivity (Wildman–Crippen MR) is 95.1 cm³/mol. The third kappa shape index (κ3) is 2.08. The van der Waals surface area contributed by atoms with E-state index in [1.807, 2.05) is 0 Å². The lowest BCUT2D eigenvalue weighted by Gasteiger charge is -2.17. The summed E-state index contributed by atoms with van der Waals surface area (Å²) in [5, 5.41) is 5.12. The molecule has 0 fully saturated rings. The molecule has 0 aliphatic rings. The second-order valence-corrected chi connectivity index (χ2v) is 5.69. The normalized spacial score (nSPS) is 11.4. The molecule has 0 amide bonds. The van der Waals surface area contributed by atoms with Gasteiger partial charge in [-0.2, -0.15) is 0 Å². The molecule has 0 saturated heterocycles. The van der Waals surface area contributed by atoms with Crippen molar-refractivity contribution in [1.29, 1.82) is 0 Å². The summed E-state index contributed by atoms with van der Waals surface area (Å²) >= 11 is 0. The van der Waals surface area contributed by atoms with Gasteiger partial charge in [0.15, 0.2) is 0 Å².